The molecule has 0 aliphatic rings. The molecule has 3 aromatic rings. The fourth-order valence-corrected chi connectivity index (χ4v) is 2.37. The van der Waals surface area contributed by atoms with Gasteiger partial charge in [-0.05, 0) is 29.7 Å². The fraction of sp³-hybridized carbons (Fsp3) is 0.188. The number of para-hydroxylation sites is 1. The summed E-state index contributed by atoms with van der Waals surface area (Å²) >= 11 is 0. The Labute approximate surface area is 116 Å². The molecule has 3 rings (SSSR count). The van der Waals surface area contributed by atoms with Crippen molar-refractivity contribution >= 4 is 11.0 Å². The topological polar surface area (TPSA) is 47.8 Å². The molecule has 0 aliphatic carbocycles. The minimum absolute atomic E-state index is 0.302. The maximum absolute atomic E-state index is 12.2. The van der Waals surface area contributed by atoms with E-state index < -0.39 is 0 Å². The first kappa shape index (κ1) is 12.5. The molecule has 0 fully saturated rings. The summed E-state index contributed by atoms with van der Waals surface area (Å²) in [6, 6.07) is 11.6. The minimum atomic E-state index is -0.302. The van der Waals surface area contributed by atoms with E-state index in [1.165, 1.54) is 0 Å². The average Bonchev–Trinajstić information content (AvgIpc) is 2.47. The van der Waals surface area contributed by atoms with E-state index in [1.54, 1.807) is 17.0 Å². The van der Waals surface area contributed by atoms with Gasteiger partial charge >= 0.3 is 5.69 Å². The molecule has 20 heavy (non-hydrogen) atoms. The highest BCUT2D eigenvalue weighted by Gasteiger charge is 2.12. The zero-order valence-electron chi connectivity index (χ0n) is 11.4. The maximum Gasteiger partial charge on any atom is 0.353 e. The third kappa shape index (κ3) is 1.99. The number of benzene rings is 1. The van der Waals surface area contributed by atoms with Crippen LogP contribution < -0.4 is 5.69 Å². The van der Waals surface area contributed by atoms with Gasteiger partial charge in [-0.25, -0.2) is 19.3 Å². The standard InChI is InChI=1S/C16H15N3O/c1-11(2)13-7-3-4-8-14(13)19-15-12(6-5-9-17-15)10-18-16(19)20/h3-11H,1-2H3. The van der Waals surface area contributed by atoms with Crippen LogP contribution in [-0.4, -0.2) is 14.5 Å². The summed E-state index contributed by atoms with van der Waals surface area (Å²) in [6.07, 6.45) is 3.26. The Morgan fingerprint density at radius 2 is 1.85 bits per heavy atom. The summed E-state index contributed by atoms with van der Waals surface area (Å²) in [6.45, 7) is 4.21. The van der Waals surface area contributed by atoms with Crippen LogP contribution in [0, 0.1) is 0 Å². The van der Waals surface area contributed by atoms with Crippen molar-refractivity contribution in [1.29, 1.82) is 0 Å². The molecule has 1 aromatic carbocycles. The SMILES string of the molecule is CC(C)c1ccccc1-n1c(=O)ncc2cccnc21. The van der Waals surface area contributed by atoms with Crippen molar-refractivity contribution in [2.45, 2.75) is 19.8 Å². The number of fused-ring (bicyclic) bond motifs is 1. The first-order chi connectivity index (χ1) is 9.68. The third-order valence-electron chi connectivity index (χ3n) is 3.33. The Morgan fingerprint density at radius 3 is 2.65 bits per heavy atom. The molecule has 0 saturated heterocycles. The molecule has 2 aromatic heterocycles. The molecule has 0 unspecified atom stereocenters. The van der Waals surface area contributed by atoms with Gasteiger partial charge in [0.2, 0.25) is 0 Å². The lowest BCUT2D eigenvalue weighted by molar-refractivity contribution is 0.834. The van der Waals surface area contributed by atoms with Crippen molar-refractivity contribution in [2.75, 3.05) is 0 Å². The van der Waals surface area contributed by atoms with Crippen molar-refractivity contribution in [3.05, 3.63) is 64.8 Å². The van der Waals surface area contributed by atoms with Crippen molar-refractivity contribution < 1.29 is 0 Å². The van der Waals surface area contributed by atoms with Crippen LogP contribution in [0.15, 0.2) is 53.6 Å². The number of pyridine rings is 1. The minimum Gasteiger partial charge on any atom is -0.245 e. The molecule has 0 bridgehead atoms. The van der Waals surface area contributed by atoms with Crippen molar-refractivity contribution in [3.63, 3.8) is 0 Å². The van der Waals surface area contributed by atoms with Gasteiger partial charge in [-0.1, -0.05) is 32.0 Å². The van der Waals surface area contributed by atoms with Crippen molar-refractivity contribution in [1.82, 2.24) is 14.5 Å². The van der Waals surface area contributed by atoms with E-state index >= 15 is 0 Å². The molecule has 0 saturated carbocycles. The summed E-state index contributed by atoms with van der Waals surface area (Å²) in [4.78, 5) is 20.5. The third-order valence-corrected chi connectivity index (χ3v) is 3.33. The van der Waals surface area contributed by atoms with Gasteiger partial charge in [0.25, 0.3) is 0 Å². The lowest BCUT2D eigenvalue weighted by atomic mass is 10.0. The van der Waals surface area contributed by atoms with Crippen LogP contribution in [0.1, 0.15) is 25.3 Å². The van der Waals surface area contributed by atoms with E-state index in [0.29, 0.717) is 11.6 Å². The highest BCUT2D eigenvalue weighted by Crippen LogP contribution is 2.23. The Kier molecular flexibility index (Phi) is 3.06. The molecule has 0 atom stereocenters. The van der Waals surface area contributed by atoms with Gasteiger partial charge in [-0.15, -0.1) is 0 Å². The zero-order chi connectivity index (χ0) is 14.1. The van der Waals surface area contributed by atoms with Crippen LogP contribution in [0.2, 0.25) is 0 Å². The van der Waals surface area contributed by atoms with E-state index in [2.05, 4.69) is 23.8 Å². The van der Waals surface area contributed by atoms with Crippen molar-refractivity contribution in [3.8, 4) is 5.69 Å². The van der Waals surface area contributed by atoms with Gasteiger partial charge in [0, 0.05) is 17.8 Å². The Hall–Kier alpha value is -2.49. The van der Waals surface area contributed by atoms with E-state index in [9.17, 15) is 4.79 Å². The van der Waals surface area contributed by atoms with Gasteiger partial charge in [0.15, 0.2) is 0 Å². The fourth-order valence-electron chi connectivity index (χ4n) is 2.37. The summed E-state index contributed by atoms with van der Waals surface area (Å²) in [5.41, 5.74) is 2.30. The van der Waals surface area contributed by atoms with Gasteiger partial charge in [0.1, 0.15) is 5.65 Å². The number of rotatable bonds is 2. The van der Waals surface area contributed by atoms with Crippen molar-refractivity contribution in [2.24, 2.45) is 0 Å². The molecule has 0 N–H and O–H groups in total. The molecular formula is C16H15N3O. The molecule has 4 heteroatoms. The number of hydrogen-bond acceptors (Lipinski definition) is 3. The highest BCUT2D eigenvalue weighted by molar-refractivity contribution is 5.75. The second-order valence-electron chi connectivity index (χ2n) is 5.01. The number of nitrogens with zero attached hydrogens (tertiary/aromatic N) is 3. The normalized spacial score (nSPS) is 11.2. The van der Waals surface area contributed by atoms with E-state index in [1.807, 2.05) is 36.4 Å². The van der Waals surface area contributed by atoms with Crippen LogP contribution >= 0.6 is 0 Å². The summed E-state index contributed by atoms with van der Waals surface area (Å²) in [5, 5.41) is 0.852. The van der Waals surface area contributed by atoms with Crippen LogP contribution in [0.5, 0.6) is 0 Å². The second-order valence-corrected chi connectivity index (χ2v) is 5.01. The monoisotopic (exact) mass is 265 g/mol. The average molecular weight is 265 g/mol. The quantitative estimate of drug-likeness (QED) is 0.715. The van der Waals surface area contributed by atoms with E-state index in [4.69, 9.17) is 0 Å². The summed E-state index contributed by atoms with van der Waals surface area (Å²) < 4.78 is 1.59. The van der Waals surface area contributed by atoms with Crippen LogP contribution in [0.4, 0.5) is 0 Å². The van der Waals surface area contributed by atoms with Gasteiger partial charge in [-0.2, -0.15) is 0 Å². The predicted molar refractivity (Wildman–Crippen MR) is 79.2 cm³/mol. The summed E-state index contributed by atoms with van der Waals surface area (Å²) in [5.74, 6) is 0.317. The van der Waals surface area contributed by atoms with E-state index in [0.717, 1.165) is 16.6 Å². The second kappa shape index (κ2) is 4.89. The maximum atomic E-state index is 12.2. The Balaban J connectivity index is 2.41. The van der Waals surface area contributed by atoms with Gasteiger partial charge < -0.3 is 0 Å². The van der Waals surface area contributed by atoms with Crippen LogP contribution in [0.3, 0.4) is 0 Å². The Morgan fingerprint density at radius 1 is 1.05 bits per heavy atom. The lowest BCUT2D eigenvalue weighted by Gasteiger charge is -2.15. The Bertz CT molecular complexity index is 821. The molecule has 0 radical (unpaired) electrons. The van der Waals surface area contributed by atoms with Gasteiger partial charge in [-0.3, -0.25) is 0 Å². The first-order valence-corrected chi connectivity index (χ1v) is 6.60. The molecule has 4 nitrogen and oxygen atoms in total. The van der Waals surface area contributed by atoms with E-state index in [-0.39, 0.29) is 5.69 Å². The highest BCUT2D eigenvalue weighted by atomic mass is 16.1. The number of hydrogen-bond donors (Lipinski definition) is 0. The molecule has 0 amide bonds. The predicted octanol–water partition coefficient (Wildman–Crippen LogP) is 2.90. The smallest absolute Gasteiger partial charge is 0.245 e. The zero-order valence-corrected chi connectivity index (χ0v) is 11.4. The summed E-state index contributed by atoms with van der Waals surface area (Å²) in [7, 11) is 0. The molecule has 2 heterocycles. The molecule has 0 aliphatic heterocycles. The lowest BCUT2D eigenvalue weighted by Crippen LogP contribution is -2.23. The molecule has 100 valence electrons. The first-order valence-electron chi connectivity index (χ1n) is 6.60. The van der Waals surface area contributed by atoms with Gasteiger partial charge in [0.05, 0.1) is 5.69 Å². The number of aromatic nitrogens is 3. The van der Waals surface area contributed by atoms with Crippen LogP contribution in [-0.2, 0) is 0 Å². The molecule has 0 spiro atoms. The van der Waals surface area contributed by atoms with Crippen LogP contribution in [0.25, 0.3) is 16.7 Å². The molecular weight excluding hydrogens is 250 g/mol. The largest absolute Gasteiger partial charge is 0.353 e.